The highest BCUT2D eigenvalue weighted by atomic mass is 16.3. The molecule has 0 radical (unpaired) electrons. The average Bonchev–Trinajstić information content (AvgIpc) is 3.30. The Morgan fingerprint density at radius 2 is 1.81 bits per heavy atom. The lowest BCUT2D eigenvalue weighted by atomic mass is 9.49. The molecule has 27 heavy (non-hydrogen) atoms. The smallest absolute Gasteiger partial charge is 0.242 e. The van der Waals surface area contributed by atoms with Gasteiger partial charge in [-0.25, -0.2) is 0 Å². The highest BCUT2D eigenvalue weighted by Crippen LogP contribution is 2.60. The highest BCUT2D eigenvalue weighted by molar-refractivity contribution is 5.88. The molecule has 2 amide bonds. The van der Waals surface area contributed by atoms with Gasteiger partial charge in [-0.3, -0.25) is 9.59 Å². The third-order valence-corrected chi connectivity index (χ3v) is 7.52. The maximum absolute atomic E-state index is 13.1. The van der Waals surface area contributed by atoms with E-state index in [2.05, 4.69) is 5.32 Å². The van der Waals surface area contributed by atoms with Crippen molar-refractivity contribution in [2.75, 3.05) is 6.54 Å². The monoisotopic (exact) mass is 370 g/mol. The largest absolute Gasteiger partial charge is 0.467 e. The van der Waals surface area contributed by atoms with E-state index in [4.69, 9.17) is 4.42 Å². The van der Waals surface area contributed by atoms with Crippen LogP contribution >= 0.6 is 0 Å². The molecule has 1 heterocycles. The van der Waals surface area contributed by atoms with Crippen LogP contribution in [0.3, 0.4) is 0 Å². The highest BCUT2D eigenvalue weighted by Gasteiger charge is 2.54. The number of rotatable bonds is 6. The first kappa shape index (κ1) is 17.3. The summed E-state index contributed by atoms with van der Waals surface area (Å²) in [5, 5.41) is 3.04. The molecular formula is C22H30N2O3. The van der Waals surface area contributed by atoms with Gasteiger partial charge in [0.25, 0.3) is 0 Å². The van der Waals surface area contributed by atoms with Crippen molar-refractivity contribution in [1.82, 2.24) is 10.2 Å². The van der Waals surface area contributed by atoms with Crippen LogP contribution in [-0.4, -0.2) is 29.3 Å². The fourth-order valence-corrected chi connectivity index (χ4v) is 6.58. The molecule has 0 aromatic carbocycles. The van der Waals surface area contributed by atoms with Crippen LogP contribution in [-0.2, 0) is 9.59 Å². The van der Waals surface area contributed by atoms with Crippen LogP contribution in [0.1, 0.15) is 70.1 Å². The van der Waals surface area contributed by atoms with Gasteiger partial charge in [-0.1, -0.05) is 0 Å². The van der Waals surface area contributed by atoms with Gasteiger partial charge in [0.2, 0.25) is 11.8 Å². The van der Waals surface area contributed by atoms with Crippen LogP contribution in [0.15, 0.2) is 22.8 Å². The third kappa shape index (κ3) is 3.09. The number of hydrogen-bond acceptors (Lipinski definition) is 3. The van der Waals surface area contributed by atoms with Crippen LogP contribution in [0.4, 0.5) is 0 Å². The van der Waals surface area contributed by atoms with E-state index in [-0.39, 0.29) is 35.9 Å². The minimum absolute atomic E-state index is 0.0134. The molecule has 0 spiro atoms. The Morgan fingerprint density at radius 3 is 2.33 bits per heavy atom. The number of nitrogens with zero attached hydrogens (tertiary/aromatic N) is 1. The molecule has 5 aliphatic carbocycles. The Hall–Kier alpha value is -1.78. The molecule has 6 rings (SSSR count). The molecule has 1 unspecified atom stereocenters. The van der Waals surface area contributed by atoms with E-state index in [9.17, 15) is 9.59 Å². The molecule has 1 N–H and O–H groups in total. The lowest BCUT2D eigenvalue weighted by molar-refractivity contribution is -0.148. The summed E-state index contributed by atoms with van der Waals surface area (Å²) in [4.78, 5) is 28.0. The summed E-state index contributed by atoms with van der Waals surface area (Å²) < 4.78 is 5.51. The van der Waals surface area contributed by atoms with Gasteiger partial charge in [0, 0.05) is 11.5 Å². The number of furan rings is 1. The van der Waals surface area contributed by atoms with E-state index in [1.165, 1.54) is 19.3 Å². The zero-order valence-electron chi connectivity index (χ0n) is 16.2. The third-order valence-electron chi connectivity index (χ3n) is 7.52. The molecule has 4 bridgehead atoms. The molecule has 5 fully saturated rings. The first-order chi connectivity index (χ1) is 13.0. The summed E-state index contributed by atoms with van der Waals surface area (Å²) in [6.07, 6.45) is 10.8. The lowest BCUT2D eigenvalue weighted by Gasteiger charge is -2.55. The molecule has 146 valence electrons. The van der Waals surface area contributed by atoms with Crippen molar-refractivity contribution in [3.63, 3.8) is 0 Å². The quantitative estimate of drug-likeness (QED) is 0.831. The summed E-state index contributed by atoms with van der Waals surface area (Å²) in [5.41, 5.74) is -0.188. The second-order valence-electron chi connectivity index (χ2n) is 9.60. The van der Waals surface area contributed by atoms with Gasteiger partial charge in [0.15, 0.2) is 0 Å². The Labute approximate surface area is 160 Å². The van der Waals surface area contributed by atoms with Crippen LogP contribution in [0.2, 0.25) is 0 Å². The van der Waals surface area contributed by atoms with Crippen molar-refractivity contribution in [2.45, 2.75) is 70.4 Å². The first-order valence-corrected chi connectivity index (χ1v) is 10.7. The van der Waals surface area contributed by atoms with Gasteiger partial charge in [-0.15, -0.1) is 0 Å². The van der Waals surface area contributed by atoms with Crippen molar-refractivity contribution in [2.24, 2.45) is 23.2 Å². The van der Waals surface area contributed by atoms with Gasteiger partial charge >= 0.3 is 0 Å². The van der Waals surface area contributed by atoms with Crippen molar-refractivity contribution < 1.29 is 14.0 Å². The van der Waals surface area contributed by atoms with E-state index < -0.39 is 0 Å². The normalized spacial score (nSPS) is 35.1. The predicted octanol–water partition coefficient (Wildman–Crippen LogP) is 3.66. The van der Waals surface area contributed by atoms with Crippen LogP contribution < -0.4 is 5.32 Å². The van der Waals surface area contributed by atoms with Gasteiger partial charge in [0.05, 0.1) is 18.8 Å². The number of hydrogen-bond donors (Lipinski definition) is 1. The first-order valence-electron chi connectivity index (χ1n) is 10.7. The van der Waals surface area contributed by atoms with E-state index in [0.29, 0.717) is 0 Å². The fourth-order valence-electron chi connectivity index (χ4n) is 6.58. The second kappa shape index (κ2) is 6.39. The molecule has 0 saturated heterocycles. The zero-order valence-corrected chi connectivity index (χ0v) is 16.2. The van der Waals surface area contributed by atoms with Crippen LogP contribution in [0, 0.1) is 23.2 Å². The molecule has 1 aromatic heterocycles. The lowest BCUT2D eigenvalue weighted by Crippen LogP contribution is -2.55. The van der Waals surface area contributed by atoms with Crippen molar-refractivity contribution in [1.29, 1.82) is 0 Å². The Balaban J connectivity index is 1.24. The number of nitrogens with one attached hydrogen (secondary N) is 1. The van der Waals surface area contributed by atoms with E-state index in [1.54, 1.807) is 6.26 Å². The molecule has 5 saturated carbocycles. The van der Waals surface area contributed by atoms with Crippen molar-refractivity contribution in [3.8, 4) is 0 Å². The Kier molecular flexibility index (Phi) is 4.10. The Bertz CT molecular complexity index is 687. The number of carbonyl (C=O) groups excluding carboxylic acids is 2. The standard InChI is InChI=1S/C22H30N2O3/c1-14(19-3-2-6-27-19)24(18-4-5-18)20(25)13-23-21(26)22-10-15-7-16(11-22)9-17(8-15)12-22/h2-3,6,14-18H,4-5,7-13H2,1H3,(H,23,26). The van der Waals surface area contributed by atoms with Crippen LogP contribution in [0.5, 0.6) is 0 Å². The van der Waals surface area contributed by atoms with E-state index >= 15 is 0 Å². The minimum atomic E-state index is -0.188. The summed E-state index contributed by atoms with van der Waals surface area (Å²) in [6, 6.07) is 3.97. The molecule has 5 nitrogen and oxygen atoms in total. The topological polar surface area (TPSA) is 62.6 Å². The molecule has 1 aromatic rings. The van der Waals surface area contributed by atoms with Gasteiger partial charge in [0.1, 0.15) is 5.76 Å². The fraction of sp³-hybridized carbons (Fsp3) is 0.727. The SMILES string of the molecule is CC(c1ccco1)N(C(=O)CNC(=O)C12CC3CC(CC(C3)C1)C2)C1CC1. The molecule has 0 aliphatic heterocycles. The maximum atomic E-state index is 13.1. The molecule has 5 aliphatic rings. The van der Waals surface area contributed by atoms with Crippen molar-refractivity contribution >= 4 is 11.8 Å². The van der Waals surface area contributed by atoms with Crippen molar-refractivity contribution in [3.05, 3.63) is 24.2 Å². The van der Waals surface area contributed by atoms with Gasteiger partial charge in [-0.05, 0) is 88.2 Å². The summed E-state index contributed by atoms with van der Waals surface area (Å²) in [6.45, 7) is 2.12. The van der Waals surface area contributed by atoms with Gasteiger partial charge in [-0.2, -0.15) is 0 Å². The predicted molar refractivity (Wildman–Crippen MR) is 101 cm³/mol. The Morgan fingerprint density at radius 1 is 1.19 bits per heavy atom. The van der Waals surface area contributed by atoms with Gasteiger partial charge < -0.3 is 14.6 Å². The molecular weight excluding hydrogens is 340 g/mol. The van der Waals surface area contributed by atoms with E-state index in [1.807, 2.05) is 24.0 Å². The zero-order chi connectivity index (χ0) is 18.6. The van der Waals surface area contributed by atoms with Crippen LogP contribution in [0.25, 0.3) is 0 Å². The summed E-state index contributed by atoms with van der Waals surface area (Å²) in [7, 11) is 0. The van der Waals surface area contributed by atoms with E-state index in [0.717, 1.165) is 55.6 Å². The number of carbonyl (C=O) groups is 2. The summed E-state index contributed by atoms with van der Waals surface area (Å²) >= 11 is 0. The second-order valence-corrected chi connectivity index (χ2v) is 9.60. The number of amides is 2. The average molecular weight is 370 g/mol. The maximum Gasteiger partial charge on any atom is 0.242 e. The molecule has 5 heteroatoms. The molecule has 1 atom stereocenters. The minimum Gasteiger partial charge on any atom is -0.467 e. The summed E-state index contributed by atoms with van der Waals surface area (Å²) in [5.74, 6) is 3.16.